The van der Waals surface area contributed by atoms with Gasteiger partial charge in [0.25, 0.3) is 0 Å². The Hall–Kier alpha value is -0.371. The van der Waals surface area contributed by atoms with E-state index in [1.807, 2.05) is 0 Å². The van der Waals surface area contributed by atoms with Gasteiger partial charge in [0.2, 0.25) is 0 Å². The van der Waals surface area contributed by atoms with Crippen LogP contribution >= 0.6 is 0 Å². The van der Waals surface area contributed by atoms with Crippen molar-refractivity contribution < 1.29 is 57.1 Å². The maximum absolute atomic E-state index is 13.6. The molecule has 0 aliphatic rings. The predicted molar refractivity (Wildman–Crippen MR) is 72.7 cm³/mol. The molecule has 0 aliphatic carbocycles. The first-order valence-electron chi connectivity index (χ1n) is 7.08. The molecule has 0 unspecified atom stereocenters. The van der Waals surface area contributed by atoms with Crippen molar-refractivity contribution in [2.75, 3.05) is 0 Å². The van der Waals surface area contributed by atoms with Gasteiger partial charge in [-0.1, -0.05) is 0 Å². The number of rotatable bonds is 9. The van der Waals surface area contributed by atoms with Crippen molar-refractivity contribution in [3.05, 3.63) is 12.7 Å². The van der Waals surface area contributed by atoms with Gasteiger partial charge < -0.3 is 0 Å². The van der Waals surface area contributed by atoms with Crippen molar-refractivity contribution in [3.63, 3.8) is 0 Å². The fourth-order valence-electron chi connectivity index (χ4n) is 1.95. The molecule has 0 atom stereocenters. The van der Waals surface area contributed by atoms with Crippen LogP contribution in [0.25, 0.3) is 0 Å². The van der Waals surface area contributed by atoms with Gasteiger partial charge in [-0.15, -0.1) is 0 Å². The maximum atomic E-state index is 13.6. The van der Waals surface area contributed by atoms with Crippen LogP contribution in [0.15, 0.2) is 12.7 Å². The van der Waals surface area contributed by atoms with Crippen molar-refractivity contribution in [2.24, 2.45) is 0 Å². The first kappa shape index (κ1) is 26.6. The van der Waals surface area contributed by atoms with Crippen LogP contribution < -0.4 is 0 Å². The standard InChI is InChI=1S/C8H4F13.C3H5.2CH3.Sn/c1-2-3(9,10)4(11,12)5(13,14)6(15,16)7(17,18)8(19,20)21;1-3-2;;;/h1-2H2;3H,1-2H2;2*1H3;. The quantitative estimate of drug-likeness (QED) is 0.169. The van der Waals surface area contributed by atoms with E-state index in [4.69, 9.17) is 0 Å². The molecule has 27 heavy (non-hydrogen) atoms. The molecule has 0 fully saturated rings. The molecule has 0 radical (unpaired) electrons. The fourth-order valence-corrected chi connectivity index (χ4v) is 7.59. The van der Waals surface area contributed by atoms with Crippen LogP contribution in [-0.2, 0) is 0 Å². The van der Waals surface area contributed by atoms with Gasteiger partial charge in [0, 0.05) is 0 Å². The van der Waals surface area contributed by atoms with Crippen molar-refractivity contribution in [2.45, 2.75) is 61.0 Å². The number of hydrogen-bond acceptors (Lipinski definition) is 0. The Morgan fingerprint density at radius 1 is 0.667 bits per heavy atom. The number of alkyl halides is 13. The monoisotopic (exact) mass is 538 g/mol. The summed E-state index contributed by atoms with van der Waals surface area (Å²) >= 11 is -3.53. The summed E-state index contributed by atoms with van der Waals surface area (Å²) in [6.45, 7) is 3.27. The Labute approximate surface area is 149 Å². The Balaban J connectivity index is 5.98. The van der Waals surface area contributed by atoms with Crippen molar-refractivity contribution in [1.82, 2.24) is 0 Å². The van der Waals surface area contributed by atoms with Crippen molar-refractivity contribution in [1.29, 1.82) is 0 Å². The van der Waals surface area contributed by atoms with Gasteiger partial charge in [-0.2, -0.15) is 0 Å². The van der Waals surface area contributed by atoms with Crippen LogP contribution in [0.2, 0.25) is 18.8 Å². The topological polar surface area (TPSA) is 0 Å². The summed E-state index contributed by atoms with van der Waals surface area (Å²) in [6, 6.07) is 0. The third-order valence-corrected chi connectivity index (χ3v) is 12.4. The van der Waals surface area contributed by atoms with Crippen LogP contribution in [0.5, 0.6) is 0 Å². The SMILES string of the molecule is C=C[CH2][Sn]([CH3])([CH3])[CH2]CC(F)(F)C(F)(F)C(F)(F)C(F)(F)C(F)(F)C(F)(F)F. The summed E-state index contributed by atoms with van der Waals surface area (Å²) in [5.41, 5.74) is 0. The van der Waals surface area contributed by atoms with E-state index in [1.54, 1.807) is 0 Å². The number of hydrogen-bond donors (Lipinski definition) is 0. The zero-order valence-corrected chi connectivity index (χ0v) is 16.7. The average molecular weight is 537 g/mol. The third-order valence-electron chi connectivity index (χ3n) is 3.81. The number of allylic oxidation sites excluding steroid dienone is 1. The minimum absolute atomic E-state index is 0.120. The summed E-state index contributed by atoms with van der Waals surface area (Å²) in [5.74, 6) is -36.3. The molecule has 0 aromatic carbocycles. The molecule has 0 heterocycles. The van der Waals surface area contributed by atoms with Gasteiger partial charge in [0.1, 0.15) is 0 Å². The Kier molecular flexibility index (Phi) is 7.36. The minimum atomic E-state index is -7.83. The van der Waals surface area contributed by atoms with Crippen molar-refractivity contribution in [3.8, 4) is 0 Å². The molecule has 0 saturated carbocycles. The van der Waals surface area contributed by atoms with E-state index >= 15 is 0 Å². The first-order chi connectivity index (χ1) is 11.5. The van der Waals surface area contributed by atoms with Crippen LogP contribution in [0, 0.1) is 0 Å². The Morgan fingerprint density at radius 2 is 1.04 bits per heavy atom. The number of halogens is 13. The molecule has 0 bridgehead atoms. The third kappa shape index (κ3) is 4.62. The first-order valence-corrected chi connectivity index (χ1v) is 16.8. The van der Waals surface area contributed by atoms with Gasteiger partial charge in [0.15, 0.2) is 0 Å². The normalized spacial score (nSPS) is 15.8. The van der Waals surface area contributed by atoms with Gasteiger partial charge in [-0.3, -0.25) is 0 Å². The molecule has 0 aromatic rings. The molecule has 0 aliphatic heterocycles. The zero-order valence-electron chi connectivity index (χ0n) is 13.8. The van der Waals surface area contributed by atoms with Gasteiger partial charge in [0.05, 0.1) is 0 Å². The molecule has 0 nitrogen and oxygen atoms in total. The van der Waals surface area contributed by atoms with E-state index in [0.717, 1.165) is 0 Å². The van der Waals surface area contributed by atoms with Crippen LogP contribution in [-0.4, -0.2) is 54.2 Å². The molecular formula is C13H15F13Sn. The summed E-state index contributed by atoms with van der Waals surface area (Å²) in [6.07, 6.45) is -8.22. The van der Waals surface area contributed by atoms with E-state index in [1.165, 1.54) is 16.0 Å². The van der Waals surface area contributed by atoms with E-state index in [2.05, 4.69) is 6.58 Å². The molecule has 0 aromatic heterocycles. The van der Waals surface area contributed by atoms with Crippen molar-refractivity contribution >= 4 is 18.4 Å². The Bertz CT molecular complexity index is 533. The van der Waals surface area contributed by atoms with E-state index in [-0.39, 0.29) is 4.44 Å². The second kappa shape index (κ2) is 7.47. The van der Waals surface area contributed by atoms with Crippen LogP contribution in [0.4, 0.5) is 57.1 Å². The molecule has 0 N–H and O–H groups in total. The van der Waals surface area contributed by atoms with Gasteiger partial charge >= 0.3 is 149 Å². The van der Waals surface area contributed by atoms with Gasteiger partial charge in [-0.05, 0) is 0 Å². The van der Waals surface area contributed by atoms with E-state index < -0.39 is 65.0 Å². The second-order valence-corrected chi connectivity index (χ2v) is 21.6. The van der Waals surface area contributed by atoms with E-state index in [0.29, 0.717) is 0 Å². The second-order valence-electron chi connectivity index (χ2n) is 6.66. The fraction of sp³-hybridized carbons (Fsp3) is 0.846. The molecule has 0 rings (SSSR count). The molecule has 162 valence electrons. The average Bonchev–Trinajstić information content (AvgIpc) is 2.43. The zero-order chi connectivity index (χ0) is 22.3. The molecule has 0 saturated heterocycles. The molecule has 0 spiro atoms. The summed E-state index contributed by atoms with van der Waals surface area (Å²) < 4.78 is 167. The summed E-state index contributed by atoms with van der Waals surface area (Å²) in [5, 5.41) is 0. The molecule has 0 amide bonds. The van der Waals surface area contributed by atoms with Gasteiger partial charge in [-0.25, -0.2) is 0 Å². The predicted octanol–water partition coefficient (Wildman–Crippen LogP) is 7.01. The van der Waals surface area contributed by atoms with E-state index in [9.17, 15) is 57.1 Å². The van der Waals surface area contributed by atoms with Crippen LogP contribution in [0.3, 0.4) is 0 Å². The molecule has 14 heteroatoms. The Morgan fingerprint density at radius 3 is 1.37 bits per heavy atom. The summed E-state index contributed by atoms with van der Waals surface area (Å²) in [4.78, 5) is 2.82. The van der Waals surface area contributed by atoms with Crippen LogP contribution in [0.1, 0.15) is 6.42 Å². The summed E-state index contributed by atoms with van der Waals surface area (Å²) in [7, 11) is 0. The molecular weight excluding hydrogens is 522 g/mol.